The number of halogens is 3. The number of nitrogens with zero attached hydrogens (tertiary/aromatic N) is 3. The zero-order valence-corrected chi connectivity index (χ0v) is 17.8. The minimum absolute atomic E-state index is 0.0598. The van der Waals surface area contributed by atoms with E-state index in [-0.39, 0.29) is 35.9 Å². The van der Waals surface area contributed by atoms with Crippen molar-refractivity contribution in [1.82, 2.24) is 14.7 Å². The Hall–Kier alpha value is -2.69. The summed E-state index contributed by atoms with van der Waals surface area (Å²) in [5, 5.41) is 3.99. The Labute approximate surface area is 177 Å². The quantitative estimate of drug-likeness (QED) is 0.689. The van der Waals surface area contributed by atoms with E-state index in [1.807, 2.05) is 0 Å². The van der Waals surface area contributed by atoms with Gasteiger partial charge < -0.3 is 4.90 Å². The summed E-state index contributed by atoms with van der Waals surface area (Å²) in [5.41, 5.74) is -2.42. The highest BCUT2D eigenvalue weighted by molar-refractivity contribution is 7.91. The van der Waals surface area contributed by atoms with Crippen LogP contribution < -0.4 is 5.43 Å². The second-order valence-electron chi connectivity index (χ2n) is 7.48. The van der Waals surface area contributed by atoms with Crippen molar-refractivity contribution in [2.24, 2.45) is 0 Å². The summed E-state index contributed by atoms with van der Waals surface area (Å²) in [4.78, 5) is 27.0. The Morgan fingerprint density at radius 1 is 1.29 bits per heavy atom. The molecule has 1 saturated heterocycles. The Morgan fingerprint density at radius 3 is 2.55 bits per heavy atom. The van der Waals surface area contributed by atoms with Crippen molar-refractivity contribution in [3.05, 3.63) is 57.5 Å². The third-order valence-electron chi connectivity index (χ3n) is 5.12. The third-order valence-corrected chi connectivity index (χ3v) is 6.87. The van der Waals surface area contributed by atoms with E-state index in [0.717, 1.165) is 16.8 Å². The molecule has 0 N–H and O–H groups in total. The second kappa shape index (κ2) is 8.45. The Bertz CT molecular complexity index is 1160. The lowest BCUT2D eigenvalue weighted by Crippen LogP contribution is -2.44. The van der Waals surface area contributed by atoms with E-state index in [2.05, 4.69) is 5.10 Å². The number of para-hydroxylation sites is 1. The largest absolute Gasteiger partial charge is 0.418 e. The smallest absolute Gasteiger partial charge is 0.333 e. The number of hydrogen-bond acceptors (Lipinski definition) is 5. The molecule has 2 aromatic rings. The highest BCUT2D eigenvalue weighted by Gasteiger charge is 2.37. The van der Waals surface area contributed by atoms with E-state index in [1.54, 1.807) is 6.92 Å². The van der Waals surface area contributed by atoms with Gasteiger partial charge in [-0.1, -0.05) is 19.1 Å². The predicted octanol–water partition coefficient (Wildman–Crippen LogP) is 2.60. The fourth-order valence-corrected chi connectivity index (χ4v) is 5.42. The Kier molecular flexibility index (Phi) is 6.26. The van der Waals surface area contributed by atoms with Crippen molar-refractivity contribution in [3.8, 4) is 5.69 Å². The maximum Gasteiger partial charge on any atom is 0.418 e. The van der Waals surface area contributed by atoms with Gasteiger partial charge in [-0.25, -0.2) is 13.1 Å². The van der Waals surface area contributed by atoms with Gasteiger partial charge in [0, 0.05) is 24.3 Å². The predicted molar refractivity (Wildman–Crippen MR) is 108 cm³/mol. The van der Waals surface area contributed by atoms with Crippen LogP contribution in [0.1, 0.15) is 41.5 Å². The van der Waals surface area contributed by atoms with Gasteiger partial charge >= 0.3 is 6.18 Å². The van der Waals surface area contributed by atoms with Crippen LogP contribution >= 0.6 is 0 Å². The van der Waals surface area contributed by atoms with Gasteiger partial charge in [0.05, 0.1) is 22.8 Å². The van der Waals surface area contributed by atoms with Gasteiger partial charge in [-0.3, -0.25) is 9.59 Å². The van der Waals surface area contributed by atoms with Gasteiger partial charge in [0.1, 0.15) is 0 Å². The first kappa shape index (κ1) is 23.0. The summed E-state index contributed by atoms with van der Waals surface area (Å²) < 4.78 is 65.1. The molecule has 1 aliphatic heterocycles. The summed E-state index contributed by atoms with van der Waals surface area (Å²) in [6.45, 7) is 3.42. The van der Waals surface area contributed by atoms with Gasteiger partial charge in [-0.15, -0.1) is 0 Å². The number of amides is 1. The average Bonchev–Trinajstić information content (AvgIpc) is 3.04. The van der Waals surface area contributed by atoms with Crippen LogP contribution in [0.4, 0.5) is 13.2 Å². The molecule has 11 heteroatoms. The third kappa shape index (κ3) is 4.81. The molecule has 1 atom stereocenters. The van der Waals surface area contributed by atoms with Crippen LogP contribution in [0.25, 0.3) is 5.69 Å². The first-order chi connectivity index (χ1) is 14.4. The molecule has 1 aromatic heterocycles. The fourth-order valence-electron chi connectivity index (χ4n) is 3.69. The summed E-state index contributed by atoms with van der Waals surface area (Å²) in [6.07, 6.45) is -3.91. The summed E-state index contributed by atoms with van der Waals surface area (Å²) in [5.74, 6) is -1.06. The van der Waals surface area contributed by atoms with Crippen LogP contribution in [0.5, 0.6) is 0 Å². The van der Waals surface area contributed by atoms with Gasteiger partial charge in [-0.05, 0) is 31.9 Å². The number of carbonyl (C=O) groups is 1. The molecule has 0 spiro atoms. The monoisotopic (exact) mass is 457 g/mol. The molecule has 0 saturated carbocycles. The number of rotatable bonds is 5. The van der Waals surface area contributed by atoms with Gasteiger partial charge in [-0.2, -0.15) is 18.3 Å². The number of sulfone groups is 1. The first-order valence-electron chi connectivity index (χ1n) is 9.73. The molecule has 3 rings (SSSR count). The van der Waals surface area contributed by atoms with Crippen LogP contribution in [0.3, 0.4) is 0 Å². The lowest BCUT2D eigenvalue weighted by Gasteiger charge is -2.27. The van der Waals surface area contributed by atoms with Crippen molar-refractivity contribution in [1.29, 1.82) is 0 Å². The molecule has 168 valence electrons. The molecular formula is C20H22F3N3O4S. The summed E-state index contributed by atoms with van der Waals surface area (Å²) in [6, 6.07) is 5.19. The molecule has 0 radical (unpaired) electrons. The number of alkyl halides is 3. The maximum absolute atomic E-state index is 13.5. The van der Waals surface area contributed by atoms with Gasteiger partial charge in [0.15, 0.2) is 15.5 Å². The number of carbonyl (C=O) groups excluding carboxylic acids is 1. The molecule has 1 fully saturated rings. The van der Waals surface area contributed by atoms with Crippen LogP contribution in [0.2, 0.25) is 0 Å². The minimum Gasteiger partial charge on any atom is -0.333 e. The maximum atomic E-state index is 13.5. The number of aryl methyl sites for hydroxylation is 1. The summed E-state index contributed by atoms with van der Waals surface area (Å²) in [7, 11) is -3.29. The van der Waals surface area contributed by atoms with Crippen molar-refractivity contribution < 1.29 is 26.4 Å². The van der Waals surface area contributed by atoms with E-state index in [0.29, 0.717) is 6.42 Å². The molecule has 0 aliphatic carbocycles. The lowest BCUT2D eigenvalue weighted by atomic mass is 10.1. The average molecular weight is 457 g/mol. The molecule has 1 aliphatic rings. The zero-order chi connectivity index (χ0) is 23.0. The molecule has 31 heavy (non-hydrogen) atoms. The summed E-state index contributed by atoms with van der Waals surface area (Å²) >= 11 is 0. The molecular weight excluding hydrogens is 435 g/mol. The Morgan fingerprint density at radius 2 is 1.97 bits per heavy atom. The van der Waals surface area contributed by atoms with E-state index >= 15 is 0 Å². The van der Waals surface area contributed by atoms with Crippen LogP contribution in [-0.4, -0.2) is 53.1 Å². The molecule has 1 unspecified atom stereocenters. The Balaban J connectivity index is 2.09. The number of aromatic nitrogens is 2. The number of hydrogen-bond donors (Lipinski definition) is 0. The van der Waals surface area contributed by atoms with Crippen LogP contribution in [-0.2, 0) is 16.0 Å². The lowest BCUT2D eigenvalue weighted by molar-refractivity contribution is -0.137. The zero-order valence-electron chi connectivity index (χ0n) is 17.0. The minimum atomic E-state index is -4.66. The van der Waals surface area contributed by atoms with Crippen molar-refractivity contribution in [3.63, 3.8) is 0 Å². The van der Waals surface area contributed by atoms with E-state index in [1.165, 1.54) is 30.0 Å². The highest BCUT2D eigenvalue weighted by Crippen LogP contribution is 2.33. The van der Waals surface area contributed by atoms with Gasteiger partial charge in [0.2, 0.25) is 5.43 Å². The standard InChI is InChI=1S/C20H22F3N3O4S/c1-3-9-25(14-8-10-31(29,30)12-14)19(28)18-17(27)11-13(2)26(24-18)16-7-5-4-6-15(16)20(21,22)23/h4-7,11,14H,3,8-10,12H2,1-2H3. The molecule has 1 amide bonds. The van der Waals surface area contributed by atoms with Gasteiger partial charge in [0.25, 0.3) is 5.91 Å². The first-order valence-corrected chi connectivity index (χ1v) is 11.6. The molecule has 0 bridgehead atoms. The van der Waals surface area contributed by atoms with E-state index in [9.17, 15) is 31.2 Å². The van der Waals surface area contributed by atoms with Crippen molar-refractivity contribution in [2.45, 2.75) is 38.9 Å². The topological polar surface area (TPSA) is 89.3 Å². The van der Waals surface area contributed by atoms with E-state index in [4.69, 9.17) is 0 Å². The second-order valence-corrected chi connectivity index (χ2v) is 9.71. The molecule has 7 nitrogen and oxygen atoms in total. The van der Waals surface area contributed by atoms with Crippen molar-refractivity contribution >= 4 is 15.7 Å². The number of benzene rings is 1. The highest BCUT2D eigenvalue weighted by atomic mass is 32.2. The van der Waals surface area contributed by atoms with Crippen molar-refractivity contribution in [2.75, 3.05) is 18.1 Å². The SMILES string of the molecule is CCCN(C(=O)c1nn(-c2ccccc2C(F)(F)F)c(C)cc1=O)C1CCS(=O)(=O)C1. The molecule has 1 aromatic carbocycles. The van der Waals surface area contributed by atoms with Crippen LogP contribution in [0.15, 0.2) is 35.1 Å². The fraction of sp³-hybridized carbons (Fsp3) is 0.450. The molecule has 2 heterocycles. The van der Waals surface area contributed by atoms with E-state index < -0.39 is 44.6 Å². The normalized spacial score (nSPS) is 18.2. The van der Waals surface area contributed by atoms with Crippen LogP contribution in [0, 0.1) is 6.92 Å².